The summed E-state index contributed by atoms with van der Waals surface area (Å²) in [5.74, 6) is 0. The van der Waals surface area contributed by atoms with Crippen molar-refractivity contribution in [2.45, 2.75) is 13.8 Å². The number of pyridine rings is 1. The van der Waals surface area contributed by atoms with Gasteiger partial charge in [0.1, 0.15) is 0 Å². The SMILES string of the molecule is CC.c1cnc2cnncc2c1. The Balaban J connectivity index is 0.000000336. The summed E-state index contributed by atoms with van der Waals surface area (Å²) in [7, 11) is 0. The van der Waals surface area contributed by atoms with Gasteiger partial charge in [0.15, 0.2) is 0 Å². The Hall–Kier alpha value is -1.51. The lowest BCUT2D eigenvalue weighted by Crippen LogP contribution is -1.81. The van der Waals surface area contributed by atoms with Crippen molar-refractivity contribution in [1.82, 2.24) is 15.2 Å². The van der Waals surface area contributed by atoms with Crippen LogP contribution < -0.4 is 0 Å². The fourth-order valence-electron chi connectivity index (χ4n) is 0.831. The first kappa shape index (κ1) is 8.59. The highest BCUT2D eigenvalue weighted by molar-refractivity contribution is 5.75. The van der Waals surface area contributed by atoms with Gasteiger partial charge >= 0.3 is 0 Å². The monoisotopic (exact) mass is 161 g/mol. The molecule has 0 atom stereocenters. The highest BCUT2D eigenvalue weighted by atomic mass is 15.1. The molecule has 0 aliphatic rings. The molecule has 2 rings (SSSR count). The summed E-state index contributed by atoms with van der Waals surface area (Å²) in [5.41, 5.74) is 0.887. The fourth-order valence-corrected chi connectivity index (χ4v) is 0.831. The summed E-state index contributed by atoms with van der Waals surface area (Å²) in [5, 5.41) is 8.45. The first-order chi connectivity index (χ1) is 5.97. The standard InChI is InChI=1S/C7H5N3.C2H6/c1-2-6-4-9-10-5-7(6)8-3-1;1-2/h1-5H;1-2H3. The lowest BCUT2D eigenvalue weighted by molar-refractivity contribution is 1.04. The van der Waals surface area contributed by atoms with Crippen molar-refractivity contribution in [2.24, 2.45) is 0 Å². The van der Waals surface area contributed by atoms with Crippen molar-refractivity contribution < 1.29 is 0 Å². The zero-order valence-corrected chi connectivity index (χ0v) is 7.23. The number of rotatable bonds is 0. The number of hydrogen-bond acceptors (Lipinski definition) is 3. The molecule has 12 heavy (non-hydrogen) atoms. The largest absolute Gasteiger partial charge is 0.255 e. The van der Waals surface area contributed by atoms with Crippen LogP contribution >= 0.6 is 0 Å². The Morgan fingerprint density at radius 1 is 1.08 bits per heavy atom. The molecule has 0 bridgehead atoms. The Morgan fingerprint density at radius 3 is 2.58 bits per heavy atom. The summed E-state index contributed by atoms with van der Waals surface area (Å²) in [6.07, 6.45) is 5.08. The molecule has 0 unspecified atom stereocenters. The molecule has 0 amide bonds. The van der Waals surface area contributed by atoms with Gasteiger partial charge in [-0.3, -0.25) is 4.98 Å². The van der Waals surface area contributed by atoms with Gasteiger partial charge in [-0.05, 0) is 12.1 Å². The van der Waals surface area contributed by atoms with E-state index in [-0.39, 0.29) is 0 Å². The fraction of sp³-hybridized carbons (Fsp3) is 0.222. The van der Waals surface area contributed by atoms with Gasteiger partial charge in [0.05, 0.1) is 17.9 Å². The normalized spacial score (nSPS) is 8.83. The molecule has 3 nitrogen and oxygen atoms in total. The van der Waals surface area contributed by atoms with Gasteiger partial charge in [-0.1, -0.05) is 13.8 Å². The molecule has 0 radical (unpaired) electrons. The van der Waals surface area contributed by atoms with Crippen LogP contribution in [0.15, 0.2) is 30.7 Å². The summed E-state index contributed by atoms with van der Waals surface area (Å²) >= 11 is 0. The van der Waals surface area contributed by atoms with E-state index in [0.717, 1.165) is 10.9 Å². The quantitative estimate of drug-likeness (QED) is 0.593. The third kappa shape index (κ3) is 1.75. The van der Waals surface area contributed by atoms with Gasteiger partial charge in [0, 0.05) is 11.6 Å². The van der Waals surface area contributed by atoms with Crippen LogP contribution in [0, 0.1) is 0 Å². The van der Waals surface area contributed by atoms with Crippen LogP contribution in [0.3, 0.4) is 0 Å². The molecule has 0 N–H and O–H groups in total. The first-order valence-corrected chi connectivity index (χ1v) is 3.98. The van der Waals surface area contributed by atoms with Crippen LogP contribution in [-0.4, -0.2) is 15.2 Å². The molecule has 0 spiro atoms. The molecule has 0 aliphatic heterocycles. The highest BCUT2D eigenvalue weighted by Crippen LogP contribution is 2.04. The van der Waals surface area contributed by atoms with Crippen LogP contribution in [0.5, 0.6) is 0 Å². The smallest absolute Gasteiger partial charge is 0.0919 e. The zero-order chi connectivity index (χ0) is 8.81. The Bertz CT molecular complexity index is 281. The van der Waals surface area contributed by atoms with E-state index in [1.165, 1.54) is 0 Å². The molecular formula is C9H11N3. The molecule has 3 heteroatoms. The van der Waals surface area contributed by atoms with Crippen molar-refractivity contribution >= 4 is 10.9 Å². The molecule has 2 heterocycles. The van der Waals surface area contributed by atoms with E-state index >= 15 is 0 Å². The second kappa shape index (κ2) is 4.38. The number of nitrogens with zero attached hydrogens (tertiary/aromatic N) is 3. The van der Waals surface area contributed by atoms with Crippen LogP contribution in [-0.2, 0) is 0 Å². The minimum Gasteiger partial charge on any atom is -0.255 e. The minimum absolute atomic E-state index is 0.887. The Morgan fingerprint density at radius 2 is 1.83 bits per heavy atom. The lowest BCUT2D eigenvalue weighted by atomic mass is 10.3. The third-order valence-electron chi connectivity index (χ3n) is 1.31. The summed E-state index contributed by atoms with van der Waals surface area (Å²) in [4.78, 5) is 4.08. The average Bonchev–Trinajstić information content (AvgIpc) is 2.21. The number of fused-ring (bicyclic) bond motifs is 1. The molecule has 0 aliphatic carbocycles. The lowest BCUT2D eigenvalue weighted by Gasteiger charge is -1.89. The van der Waals surface area contributed by atoms with E-state index in [2.05, 4.69) is 15.2 Å². The number of hydrogen-bond donors (Lipinski definition) is 0. The average molecular weight is 161 g/mol. The molecular weight excluding hydrogens is 150 g/mol. The van der Waals surface area contributed by atoms with E-state index in [4.69, 9.17) is 0 Å². The Labute approximate surface area is 71.5 Å². The highest BCUT2D eigenvalue weighted by Gasteiger charge is 1.88. The van der Waals surface area contributed by atoms with E-state index in [1.807, 2.05) is 26.0 Å². The minimum atomic E-state index is 0.887. The molecule has 0 saturated heterocycles. The van der Waals surface area contributed by atoms with Crippen LogP contribution in [0.2, 0.25) is 0 Å². The maximum atomic E-state index is 4.08. The van der Waals surface area contributed by atoms with E-state index in [0.29, 0.717) is 0 Å². The van der Waals surface area contributed by atoms with Crippen molar-refractivity contribution in [1.29, 1.82) is 0 Å². The predicted molar refractivity (Wildman–Crippen MR) is 48.7 cm³/mol. The second-order valence-corrected chi connectivity index (χ2v) is 1.97. The van der Waals surface area contributed by atoms with Gasteiger partial charge in [-0.25, -0.2) is 0 Å². The maximum absolute atomic E-state index is 4.08. The van der Waals surface area contributed by atoms with Crippen molar-refractivity contribution in [3.63, 3.8) is 0 Å². The van der Waals surface area contributed by atoms with Gasteiger partial charge in [0.25, 0.3) is 0 Å². The van der Waals surface area contributed by atoms with E-state index in [9.17, 15) is 0 Å². The maximum Gasteiger partial charge on any atom is 0.0919 e. The molecule has 0 saturated carbocycles. The van der Waals surface area contributed by atoms with Gasteiger partial charge in [-0.15, -0.1) is 0 Å². The summed E-state index contributed by atoms with van der Waals surface area (Å²) < 4.78 is 0. The summed E-state index contributed by atoms with van der Waals surface area (Å²) in [6.45, 7) is 4.00. The van der Waals surface area contributed by atoms with E-state index < -0.39 is 0 Å². The first-order valence-electron chi connectivity index (χ1n) is 3.98. The predicted octanol–water partition coefficient (Wildman–Crippen LogP) is 2.05. The third-order valence-corrected chi connectivity index (χ3v) is 1.31. The van der Waals surface area contributed by atoms with Crippen LogP contribution in [0.4, 0.5) is 0 Å². The summed E-state index contributed by atoms with van der Waals surface area (Å²) in [6, 6.07) is 3.83. The van der Waals surface area contributed by atoms with Gasteiger partial charge < -0.3 is 0 Å². The van der Waals surface area contributed by atoms with Crippen molar-refractivity contribution in [2.75, 3.05) is 0 Å². The zero-order valence-electron chi connectivity index (χ0n) is 7.23. The van der Waals surface area contributed by atoms with Crippen molar-refractivity contribution in [3.8, 4) is 0 Å². The van der Waals surface area contributed by atoms with E-state index in [1.54, 1.807) is 18.6 Å². The molecule has 0 aromatic carbocycles. The molecule has 2 aromatic heterocycles. The van der Waals surface area contributed by atoms with Crippen LogP contribution in [0.25, 0.3) is 10.9 Å². The molecule has 0 fully saturated rings. The van der Waals surface area contributed by atoms with Gasteiger partial charge in [0.2, 0.25) is 0 Å². The molecule has 2 aromatic rings. The second-order valence-electron chi connectivity index (χ2n) is 1.97. The van der Waals surface area contributed by atoms with Crippen LogP contribution in [0.1, 0.15) is 13.8 Å². The Kier molecular flexibility index (Phi) is 3.14. The van der Waals surface area contributed by atoms with Crippen molar-refractivity contribution in [3.05, 3.63) is 30.7 Å². The van der Waals surface area contributed by atoms with Gasteiger partial charge in [-0.2, -0.15) is 10.2 Å². The molecule has 62 valence electrons. The number of aromatic nitrogens is 3. The topological polar surface area (TPSA) is 38.7 Å².